The highest BCUT2D eigenvalue weighted by molar-refractivity contribution is 6.33. The Balaban J connectivity index is 2.25. The number of hydrogen-bond acceptors (Lipinski definition) is 4. The first kappa shape index (κ1) is 15.0. The van der Waals surface area contributed by atoms with E-state index in [9.17, 15) is 20.0 Å². The molecule has 0 aliphatic carbocycles. The number of benzene rings is 2. The van der Waals surface area contributed by atoms with E-state index < -0.39 is 10.8 Å². The normalized spacial score (nSPS) is 10.2. The number of anilines is 1. The summed E-state index contributed by atoms with van der Waals surface area (Å²) in [6.07, 6.45) is 0. The topological polar surface area (TPSA) is 92.5 Å². The molecule has 6 nitrogen and oxygen atoms in total. The Morgan fingerprint density at radius 3 is 2.62 bits per heavy atom. The number of aliphatic hydroxyl groups is 1. The third-order valence-electron chi connectivity index (χ3n) is 2.84. The fraction of sp³-hybridized carbons (Fsp3) is 0.0714. The molecule has 0 unspecified atom stereocenters. The van der Waals surface area contributed by atoms with E-state index in [1.807, 2.05) is 0 Å². The van der Waals surface area contributed by atoms with Gasteiger partial charge < -0.3 is 10.4 Å². The van der Waals surface area contributed by atoms with Crippen LogP contribution in [0.1, 0.15) is 15.9 Å². The molecule has 0 atom stereocenters. The van der Waals surface area contributed by atoms with Gasteiger partial charge in [-0.05, 0) is 18.2 Å². The Bertz CT molecular complexity index is 703. The quantitative estimate of drug-likeness (QED) is 0.671. The summed E-state index contributed by atoms with van der Waals surface area (Å²) in [4.78, 5) is 22.1. The third kappa shape index (κ3) is 3.36. The Kier molecular flexibility index (Phi) is 4.52. The first-order valence-corrected chi connectivity index (χ1v) is 6.34. The van der Waals surface area contributed by atoms with Crippen molar-refractivity contribution in [1.29, 1.82) is 0 Å². The lowest BCUT2D eigenvalue weighted by atomic mass is 10.1. The highest BCUT2D eigenvalue weighted by Crippen LogP contribution is 2.25. The van der Waals surface area contributed by atoms with E-state index in [2.05, 4.69) is 5.32 Å². The maximum absolute atomic E-state index is 12.1. The van der Waals surface area contributed by atoms with Crippen molar-refractivity contribution in [3.05, 3.63) is 68.7 Å². The molecule has 1 amide bonds. The van der Waals surface area contributed by atoms with Crippen molar-refractivity contribution < 1.29 is 14.8 Å². The molecule has 0 spiro atoms. The lowest BCUT2D eigenvalue weighted by Crippen LogP contribution is -2.13. The minimum Gasteiger partial charge on any atom is -0.392 e. The molecule has 2 aromatic rings. The zero-order chi connectivity index (χ0) is 15.4. The van der Waals surface area contributed by atoms with Crippen LogP contribution in [0, 0.1) is 10.1 Å². The van der Waals surface area contributed by atoms with Crippen molar-refractivity contribution in [1.82, 2.24) is 0 Å². The fourth-order valence-electron chi connectivity index (χ4n) is 1.77. The number of halogens is 1. The van der Waals surface area contributed by atoms with Gasteiger partial charge in [0.1, 0.15) is 5.02 Å². The predicted octanol–water partition coefficient (Wildman–Crippen LogP) is 2.99. The summed E-state index contributed by atoms with van der Waals surface area (Å²) >= 11 is 5.77. The zero-order valence-electron chi connectivity index (χ0n) is 10.7. The van der Waals surface area contributed by atoms with Crippen molar-refractivity contribution in [2.24, 2.45) is 0 Å². The number of nitro benzene ring substituents is 1. The van der Waals surface area contributed by atoms with Crippen molar-refractivity contribution >= 4 is 28.9 Å². The number of hydrogen-bond donors (Lipinski definition) is 2. The number of amides is 1. The Morgan fingerprint density at radius 1 is 1.29 bits per heavy atom. The van der Waals surface area contributed by atoms with Crippen molar-refractivity contribution in [3.8, 4) is 0 Å². The summed E-state index contributed by atoms with van der Waals surface area (Å²) in [6.45, 7) is -0.211. The SMILES string of the molecule is O=C(Nc1ccccc1CO)c1ccc([N+](=O)[O-])c(Cl)c1. The molecule has 0 saturated heterocycles. The molecule has 2 rings (SSSR count). The minimum absolute atomic E-state index is 0.108. The van der Waals surface area contributed by atoms with Crippen molar-refractivity contribution in [3.63, 3.8) is 0 Å². The Morgan fingerprint density at radius 2 is 2.00 bits per heavy atom. The smallest absolute Gasteiger partial charge is 0.287 e. The number of para-hydroxylation sites is 1. The minimum atomic E-state index is -0.620. The number of carbonyl (C=O) groups is 1. The molecule has 0 aliphatic rings. The maximum Gasteiger partial charge on any atom is 0.287 e. The molecular formula is C14H11ClN2O4. The summed E-state index contributed by atoms with van der Waals surface area (Å²) in [6, 6.07) is 10.5. The Labute approximate surface area is 125 Å². The standard InChI is InChI=1S/C14H11ClN2O4/c15-11-7-9(5-6-13(11)17(20)21)14(19)16-12-4-2-1-3-10(12)8-18/h1-7,18H,8H2,(H,16,19). The van der Waals surface area contributed by atoms with E-state index >= 15 is 0 Å². The van der Waals surface area contributed by atoms with Crippen molar-refractivity contribution in [2.45, 2.75) is 6.61 Å². The first-order chi connectivity index (χ1) is 10.0. The van der Waals surface area contributed by atoms with Crippen LogP contribution in [0.4, 0.5) is 11.4 Å². The van der Waals surface area contributed by atoms with E-state index in [0.717, 1.165) is 0 Å². The number of nitrogens with one attached hydrogen (secondary N) is 1. The van der Waals surface area contributed by atoms with Gasteiger partial charge in [0.2, 0.25) is 0 Å². The predicted molar refractivity (Wildman–Crippen MR) is 78.4 cm³/mol. The van der Waals surface area contributed by atoms with Gasteiger partial charge in [-0.25, -0.2) is 0 Å². The van der Waals surface area contributed by atoms with E-state index in [-0.39, 0.29) is 22.9 Å². The molecule has 0 fully saturated rings. The van der Waals surface area contributed by atoms with E-state index in [0.29, 0.717) is 11.3 Å². The molecule has 2 aromatic carbocycles. The Hall–Kier alpha value is -2.44. The molecule has 0 aliphatic heterocycles. The second kappa shape index (κ2) is 6.34. The lowest BCUT2D eigenvalue weighted by Gasteiger charge is -2.09. The summed E-state index contributed by atoms with van der Waals surface area (Å²) in [5.41, 5.74) is 0.973. The number of nitro groups is 1. The molecule has 0 radical (unpaired) electrons. The summed E-state index contributed by atoms with van der Waals surface area (Å²) in [5.74, 6) is -0.465. The van der Waals surface area contributed by atoms with E-state index in [4.69, 9.17) is 11.6 Å². The van der Waals surface area contributed by atoms with Crippen LogP contribution in [0.3, 0.4) is 0 Å². The second-order valence-corrected chi connectivity index (χ2v) is 4.60. The summed E-state index contributed by atoms with van der Waals surface area (Å²) < 4.78 is 0. The van der Waals surface area contributed by atoms with Crippen LogP contribution in [0.25, 0.3) is 0 Å². The number of carbonyl (C=O) groups excluding carboxylic acids is 1. The van der Waals surface area contributed by atoms with Gasteiger partial charge in [-0.3, -0.25) is 14.9 Å². The second-order valence-electron chi connectivity index (χ2n) is 4.19. The maximum atomic E-state index is 12.1. The molecule has 0 bridgehead atoms. The first-order valence-electron chi connectivity index (χ1n) is 5.97. The van der Waals surface area contributed by atoms with Crippen LogP contribution in [0.5, 0.6) is 0 Å². The van der Waals surface area contributed by atoms with Gasteiger partial charge >= 0.3 is 0 Å². The molecule has 108 valence electrons. The molecule has 2 N–H and O–H groups in total. The molecule has 0 heterocycles. The largest absolute Gasteiger partial charge is 0.392 e. The van der Waals surface area contributed by atoms with E-state index in [1.54, 1.807) is 24.3 Å². The molecule has 7 heteroatoms. The fourth-order valence-corrected chi connectivity index (χ4v) is 2.02. The molecule has 21 heavy (non-hydrogen) atoms. The van der Waals surface area contributed by atoms with Gasteiger partial charge in [0, 0.05) is 22.9 Å². The van der Waals surface area contributed by atoms with Crippen LogP contribution in [-0.2, 0) is 6.61 Å². The van der Waals surface area contributed by atoms with Gasteiger partial charge in [0.25, 0.3) is 11.6 Å². The van der Waals surface area contributed by atoms with Crippen LogP contribution in [0.15, 0.2) is 42.5 Å². The van der Waals surface area contributed by atoms with Gasteiger partial charge in [-0.15, -0.1) is 0 Å². The van der Waals surface area contributed by atoms with Crippen LogP contribution >= 0.6 is 11.6 Å². The highest BCUT2D eigenvalue weighted by Gasteiger charge is 2.15. The van der Waals surface area contributed by atoms with Gasteiger partial charge in [0.15, 0.2) is 0 Å². The average molecular weight is 307 g/mol. The summed E-state index contributed by atoms with van der Waals surface area (Å²) in [7, 11) is 0. The van der Waals surface area contributed by atoms with Gasteiger partial charge in [-0.1, -0.05) is 29.8 Å². The van der Waals surface area contributed by atoms with Gasteiger partial charge in [0.05, 0.1) is 11.5 Å². The van der Waals surface area contributed by atoms with Crippen LogP contribution in [0.2, 0.25) is 5.02 Å². The number of nitrogens with zero attached hydrogens (tertiary/aromatic N) is 1. The van der Waals surface area contributed by atoms with Gasteiger partial charge in [-0.2, -0.15) is 0 Å². The van der Waals surface area contributed by atoms with Crippen molar-refractivity contribution in [2.75, 3.05) is 5.32 Å². The zero-order valence-corrected chi connectivity index (χ0v) is 11.5. The molecule has 0 saturated carbocycles. The van der Waals surface area contributed by atoms with Crippen LogP contribution in [-0.4, -0.2) is 15.9 Å². The lowest BCUT2D eigenvalue weighted by molar-refractivity contribution is -0.384. The summed E-state index contributed by atoms with van der Waals surface area (Å²) in [5, 5.41) is 22.4. The average Bonchev–Trinajstić information content (AvgIpc) is 2.47. The third-order valence-corrected chi connectivity index (χ3v) is 3.15. The van der Waals surface area contributed by atoms with E-state index in [1.165, 1.54) is 18.2 Å². The molecular weight excluding hydrogens is 296 g/mol. The molecule has 0 aromatic heterocycles. The van der Waals surface area contributed by atoms with Crippen LogP contribution < -0.4 is 5.32 Å². The highest BCUT2D eigenvalue weighted by atomic mass is 35.5. The number of rotatable bonds is 4. The number of aliphatic hydroxyl groups excluding tert-OH is 1. The monoisotopic (exact) mass is 306 g/mol.